The summed E-state index contributed by atoms with van der Waals surface area (Å²) in [5, 5.41) is 15.5. The number of fused-ring (bicyclic) bond motifs is 3. The first-order valence-corrected chi connectivity index (χ1v) is 7.09. The Morgan fingerprint density at radius 1 is 1.39 bits per heavy atom. The van der Waals surface area contributed by atoms with Gasteiger partial charge in [-0.15, -0.1) is 0 Å². The van der Waals surface area contributed by atoms with Gasteiger partial charge in [0.15, 0.2) is 5.75 Å². The van der Waals surface area contributed by atoms with Gasteiger partial charge in [0.25, 0.3) is 0 Å². The van der Waals surface area contributed by atoms with Gasteiger partial charge in [0, 0.05) is 55.9 Å². The van der Waals surface area contributed by atoms with Crippen LogP contribution in [-0.4, -0.2) is 34.3 Å². The molecule has 0 N–H and O–H groups in total. The molecule has 0 fully saturated rings. The summed E-state index contributed by atoms with van der Waals surface area (Å²) in [6.45, 7) is 1.96. The molecule has 0 atom stereocenters. The van der Waals surface area contributed by atoms with Gasteiger partial charge in [0.2, 0.25) is 5.91 Å². The number of hydrogen-bond donors (Lipinski definition) is 0. The highest BCUT2D eigenvalue weighted by atomic mass is 16.6. The zero-order valence-corrected chi connectivity index (χ0v) is 13.1. The van der Waals surface area contributed by atoms with Crippen LogP contribution in [-0.2, 0) is 18.3 Å². The fourth-order valence-corrected chi connectivity index (χ4v) is 2.95. The molecule has 1 aromatic carbocycles. The van der Waals surface area contributed by atoms with E-state index in [1.54, 1.807) is 21.8 Å². The SMILES string of the molecule is COc1cc2c(cc1[N+](=O)[O-])-c1cnn(C)c1CCN2C(C)=O. The molecule has 0 spiro atoms. The fraction of sp³-hybridized carbons (Fsp3) is 0.333. The van der Waals surface area contributed by atoms with E-state index in [2.05, 4.69) is 5.10 Å². The summed E-state index contributed by atoms with van der Waals surface area (Å²) >= 11 is 0. The van der Waals surface area contributed by atoms with Gasteiger partial charge in [0.05, 0.1) is 23.9 Å². The number of carbonyl (C=O) groups is 1. The second kappa shape index (κ2) is 5.38. The molecule has 120 valence electrons. The molecule has 0 aliphatic carbocycles. The van der Waals surface area contributed by atoms with Crippen LogP contribution in [0.5, 0.6) is 5.75 Å². The second-order valence-corrected chi connectivity index (χ2v) is 5.35. The molecular weight excluding hydrogens is 300 g/mol. The summed E-state index contributed by atoms with van der Waals surface area (Å²) in [6.07, 6.45) is 2.30. The summed E-state index contributed by atoms with van der Waals surface area (Å²) in [6, 6.07) is 3.01. The molecule has 8 heteroatoms. The van der Waals surface area contributed by atoms with Crippen molar-refractivity contribution < 1.29 is 14.5 Å². The van der Waals surface area contributed by atoms with E-state index in [0.29, 0.717) is 24.2 Å². The van der Waals surface area contributed by atoms with Crippen LogP contribution < -0.4 is 9.64 Å². The Morgan fingerprint density at radius 2 is 2.13 bits per heavy atom. The molecule has 23 heavy (non-hydrogen) atoms. The van der Waals surface area contributed by atoms with Crippen molar-refractivity contribution in [2.45, 2.75) is 13.3 Å². The third-order valence-electron chi connectivity index (χ3n) is 4.09. The number of rotatable bonds is 2. The van der Waals surface area contributed by atoms with Crippen molar-refractivity contribution in [3.05, 3.63) is 34.1 Å². The zero-order chi connectivity index (χ0) is 16.7. The Hall–Kier alpha value is -2.90. The maximum atomic E-state index is 12.0. The molecule has 2 aromatic rings. The van der Waals surface area contributed by atoms with E-state index in [9.17, 15) is 14.9 Å². The van der Waals surface area contributed by atoms with Gasteiger partial charge in [-0.05, 0) is 0 Å². The molecule has 0 bridgehead atoms. The van der Waals surface area contributed by atoms with Gasteiger partial charge in [-0.1, -0.05) is 0 Å². The van der Waals surface area contributed by atoms with Crippen molar-refractivity contribution in [1.29, 1.82) is 0 Å². The average molecular weight is 316 g/mol. The first-order chi connectivity index (χ1) is 10.9. The number of benzene rings is 1. The van der Waals surface area contributed by atoms with E-state index in [1.807, 2.05) is 7.05 Å². The standard InChI is InChI=1S/C15H16N4O4/c1-9(20)18-5-4-12-11(8-16-17(12)2)10-6-14(19(21)22)15(23-3)7-13(10)18/h6-8H,4-5H2,1-3H3. The number of aromatic nitrogens is 2. The Morgan fingerprint density at radius 3 is 2.74 bits per heavy atom. The zero-order valence-electron chi connectivity index (χ0n) is 13.1. The molecule has 0 saturated carbocycles. The van der Waals surface area contributed by atoms with Crippen LogP contribution >= 0.6 is 0 Å². The van der Waals surface area contributed by atoms with Gasteiger partial charge in [-0.25, -0.2) is 0 Å². The quantitative estimate of drug-likeness (QED) is 0.623. The largest absolute Gasteiger partial charge is 0.490 e. The molecule has 3 rings (SSSR count). The molecule has 0 unspecified atom stereocenters. The lowest BCUT2D eigenvalue weighted by Gasteiger charge is -2.21. The van der Waals surface area contributed by atoms with Crippen molar-refractivity contribution in [3.8, 4) is 16.9 Å². The summed E-state index contributed by atoms with van der Waals surface area (Å²) in [5.41, 5.74) is 2.83. The lowest BCUT2D eigenvalue weighted by Crippen LogP contribution is -2.30. The molecule has 8 nitrogen and oxygen atoms in total. The van der Waals surface area contributed by atoms with Gasteiger partial charge < -0.3 is 9.64 Å². The van der Waals surface area contributed by atoms with Crippen LogP contribution in [0.15, 0.2) is 18.3 Å². The first kappa shape index (κ1) is 15.0. The number of anilines is 1. The number of nitro groups is 1. The monoisotopic (exact) mass is 316 g/mol. The van der Waals surface area contributed by atoms with Crippen LogP contribution in [0.2, 0.25) is 0 Å². The number of ether oxygens (including phenoxy) is 1. The Bertz CT molecular complexity index is 812. The van der Waals surface area contributed by atoms with E-state index >= 15 is 0 Å². The predicted octanol–water partition coefficient (Wildman–Crippen LogP) is 1.91. The normalized spacial score (nSPS) is 13.1. The number of carbonyl (C=O) groups excluding carboxylic acids is 1. The summed E-state index contributed by atoms with van der Waals surface area (Å²) < 4.78 is 6.87. The average Bonchev–Trinajstić information content (AvgIpc) is 2.78. The maximum Gasteiger partial charge on any atom is 0.311 e. The van der Waals surface area contributed by atoms with E-state index in [1.165, 1.54) is 20.1 Å². The molecule has 1 aliphatic rings. The highest BCUT2D eigenvalue weighted by Crippen LogP contribution is 2.43. The molecule has 2 heterocycles. The van der Waals surface area contributed by atoms with Gasteiger partial charge in [-0.2, -0.15) is 5.10 Å². The van der Waals surface area contributed by atoms with Crippen LogP contribution in [0.25, 0.3) is 11.1 Å². The number of amides is 1. The Balaban J connectivity index is 2.33. The fourth-order valence-electron chi connectivity index (χ4n) is 2.95. The molecule has 0 saturated heterocycles. The summed E-state index contributed by atoms with van der Waals surface area (Å²) in [5.74, 6) is 0.00950. The minimum Gasteiger partial charge on any atom is -0.490 e. The predicted molar refractivity (Wildman–Crippen MR) is 83.6 cm³/mol. The lowest BCUT2D eigenvalue weighted by atomic mass is 10.0. The van der Waals surface area contributed by atoms with E-state index in [4.69, 9.17) is 4.74 Å². The summed E-state index contributed by atoms with van der Waals surface area (Å²) in [7, 11) is 3.19. The number of aryl methyl sites for hydroxylation is 1. The molecule has 1 aromatic heterocycles. The number of nitro benzene ring substituents is 1. The highest BCUT2D eigenvalue weighted by Gasteiger charge is 2.29. The number of nitrogens with zero attached hydrogens (tertiary/aromatic N) is 4. The third kappa shape index (κ3) is 2.32. The minimum absolute atomic E-state index is 0.122. The minimum atomic E-state index is -0.488. The maximum absolute atomic E-state index is 12.0. The lowest BCUT2D eigenvalue weighted by molar-refractivity contribution is -0.385. The van der Waals surface area contributed by atoms with Gasteiger partial charge >= 0.3 is 5.69 Å². The van der Waals surface area contributed by atoms with Crippen molar-refractivity contribution in [2.24, 2.45) is 7.05 Å². The van der Waals surface area contributed by atoms with Crippen LogP contribution in [0.3, 0.4) is 0 Å². The van der Waals surface area contributed by atoms with E-state index in [-0.39, 0.29) is 17.3 Å². The van der Waals surface area contributed by atoms with Gasteiger partial charge in [-0.3, -0.25) is 19.6 Å². The van der Waals surface area contributed by atoms with Crippen molar-refractivity contribution in [2.75, 3.05) is 18.6 Å². The van der Waals surface area contributed by atoms with Crippen molar-refractivity contribution in [1.82, 2.24) is 9.78 Å². The van der Waals surface area contributed by atoms with Gasteiger partial charge in [0.1, 0.15) is 0 Å². The third-order valence-corrected chi connectivity index (χ3v) is 4.09. The molecule has 0 radical (unpaired) electrons. The smallest absolute Gasteiger partial charge is 0.311 e. The van der Waals surface area contributed by atoms with E-state index < -0.39 is 4.92 Å². The Labute approximate surface area is 132 Å². The molecule has 1 amide bonds. The topological polar surface area (TPSA) is 90.5 Å². The van der Waals surface area contributed by atoms with Crippen LogP contribution in [0, 0.1) is 10.1 Å². The van der Waals surface area contributed by atoms with Crippen LogP contribution in [0.1, 0.15) is 12.6 Å². The highest BCUT2D eigenvalue weighted by molar-refractivity contribution is 5.98. The molecule has 1 aliphatic heterocycles. The van der Waals surface area contributed by atoms with Crippen LogP contribution in [0.4, 0.5) is 11.4 Å². The summed E-state index contributed by atoms with van der Waals surface area (Å²) in [4.78, 5) is 24.5. The first-order valence-electron chi connectivity index (χ1n) is 7.09. The van der Waals surface area contributed by atoms with Crippen molar-refractivity contribution >= 4 is 17.3 Å². The van der Waals surface area contributed by atoms with Crippen molar-refractivity contribution in [3.63, 3.8) is 0 Å². The van der Waals surface area contributed by atoms with E-state index in [0.717, 1.165) is 11.3 Å². The number of hydrogen-bond acceptors (Lipinski definition) is 5. The second-order valence-electron chi connectivity index (χ2n) is 5.35. The molecular formula is C15H16N4O4. The Kier molecular flexibility index (Phi) is 3.51. The number of methoxy groups -OCH3 is 1.